The summed E-state index contributed by atoms with van der Waals surface area (Å²) >= 11 is 0. The average Bonchev–Trinajstić information content (AvgIpc) is 2.73. The molecule has 16 heavy (non-hydrogen) atoms. The standard InChI is InChI=1S/C13H26O3/c1-3-5-6-7-8-13-15-11-12(16-13)10-14-9-4-2/h12-13H,3-11H2,1-2H3. The predicted molar refractivity (Wildman–Crippen MR) is 64.5 cm³/mol. The minimum absolute atomic E-state index is 0.0204. The number of ether oxygens (including phenoxy) is 3. The Hall–Kier alpha value is -0.120. The molecule has 1 fully saturated rings. The maximum absolute atomic E-state index is 5.74. The van der Waals surface area contributed by atoms with Crippen LogP contribution >= 0.6 is 0 Å². The Bertz CT molecular complexity index is 161. The van der Waals surface area contributed by atoms with Gasteiger partial charge in [-0.25, -0.2) is 0 Å². The summed E-state index contributed by atoms with van der Waals surface area (Å²) in [6.07, 6.45) is 7.36. The molecule has 0 N–H and O–H groups in total. The van der Waals surface area contributed by atoms with E-state index >= 15 is 0 Å². The van der Waals surface area contributed by atoms with Crippen LogP contribution in [0, 0.1) is 0 Å². The van der Waals surface area contributed by atoms with Crippen molar-refractivity contribution in [1.82, 2.24) is 0 Å². The fourth-order valence-corrected chi connectivity index (χ4v) is 1.84. The second-order valence-corrected chi connectivity index (χ2v) is 4.45. The highest BCUT2D eigenvalue weighted by molar-refractivity contribution is 4.64. The minimum atomic E-state index is 0.0204. The van der Waals surface area contributed by atoms with E-state index < -0.39 is 0 Å². The fraction of sp³-hybridized carbons (Fsp3) is 1.00. The topological polar surface area (TPSA) is 27.7 Å². The van der Waals surface area contributed by atoms with Gasteiger partial charge in [-0.1, -0.05) is 33.1 Å². The van der Waals surface area contributed by atoms with Gasteiger partial charge in [0.1, 0.15) is 6.10 Å². The molecule has 0 aromatic rings. The maximum atomic E-state index is 5.74. The lowest BCUT2D eigenvalue weighted by Crippen LogP contribution is -2.19. The smallest absolute Gasteiger partial charge is 0.158 e. The quantitative estimate of drug-likeness (QED) is 0.570. The second kappa shape index (κ2) is 8.97. The lowest BCUT2D eigenvalue weighted by Gasteiger charge is -2.11. The molecule has 2 atom stereocenters. The summed E-state index contributed by atoms with van der Waals surface area (Å²) in [6.45, 7) is 6.54. The third kappa shape index (κ3) is 5.83. The van der Waals surface area contributed by atoms with Crippen molar-refractivity contribution in [3.63, 3.8) is 0 Å². The highest BCUT2D eigenvalue weighted by Gasteiger charge is 2.25. The van der Waals surface area contributed by atoms with Crippen molar-refractivity contribution in [3.05, 3.63) is 0 Å². The first-order valence-corrected chi connectivity index (χ1v) is 6.71. The van der Waals surface area contributed by atoms with Crippen LogP contribution in [-0.4, -0.2) is 32.2 Å². The Morgan fingerprint density at radius 2 is 2.00 bits per heavy atom. The molecule has 0 bridgehead atoms. The predicted octanol–water partition coefficient (Wildman–Crippen LogP) is 3.12. The van der Waals surface area contributed by atoms with E-state index in [9.17, 15) is 0 Å². The molecule has 0 spiro atoms. The van der Waals surface area contributed by atoms with E-state index in [0.717, 1.165) is 19.4 Å². The minimum Gasteiger partial charge on any atom is -0.379 e. The Morgan fingerprint density at radius 1 is 1.12 bits per heavy atom. The van der Waals surface area contributed by atoms with E-state index in [-0.39, 0.29) is 12.4 Å². The normalized spacial score (nSPS) is 25.1. The Kier molecular flexibility index (Phi) is 7.81. The zero-order valence-electron chi connectivity index (χ0n) is 10.7. The molecule has 3 nitrogen and oxygen atoms in total. The molecule has 96 valence electrons. The van der Waals surface area contributed by atoms with Crippen LogP contribution in [0.1, 0.15) is 52.4 Å². The Balaban J connectivity index is 1.97. The van der Waals surface area contributed by atoms with Gasteiger partial charge in [0.05, 0.1) is 13.2 Å². The van der Waals surface area contributed by atoms with E-state index in [2.05, 4.69) is 13.8 Å². The molecule has 0 radical (unpaired) electrons. The van der Waals surface area contributed by atoms with E-state index in [1.807, 2.05) is 0 Å². The Labute approximate surface area is 99.5 Å². The summed E-state index contributed by atoms with van der Waals surface area (Å²) in [5.41, 5.74) is 0. The highest BCUT2D eigenvalue weighted by atomic mass is 16.7. The fourth-order valence-electron chi connectivity index (χ4n) is 1.84. The zero-order chi connectivity index (χ0) is 11.6. The summed E-state index contributed by atoms with van der Waals surface area (Å²) in [5, 5.41) is 0. The molecule has 0 amide bonds. The van der Waals surface area contributed by atoms with Crippen LogP contribution in [0.15, 0.2) is 0 Å². The van der Waals surface area contributed by atoms with Crippen molar-refractivity contribution in [1.29, 1.82) is 0 Å². The summed E-state index contributed by atoms with van der Waals surface area (Å²) < 4.78 is 16.8. The molecular weight excluding hydrogens is 204 g/mol. The van der Waals surface area contributed by atoms with Crippen LogP contribution in [0.5, 0.6) is 0 Å². The summed E-state index contributed by atoms with van der Waals surface area (Å²) in [6, 6.07) is 0. The average molecular weight is 230 g/mol. The molecule has 0 aliphatic carbocycles. The van der Waals surface area contributed by atoms with Crippen LogP contribution in [-0.2, 0) is 14.2 Å². The molecule has 3 heteroatoms. The van der Waals surface area contributed by atoms with Crippen LogP contribution in [0.4, 0.5) is 0 Å². The van der Waals surface area contributed by atoms with Crippen molar-refractivity contribution >= 4 is 0 Å². The largest absolute Gasteiger partial charge is 0.379 e. The lowest BCUT2D eigenvalue weighted by atomic mass is 10.1. The highest BCUT2D eigenvalue weighted by Crippen LogP contribution is 2.17. The van der Waals surface area contributed by atoms with Gasteiger partial charge in [-0.05, 0) is 19.3 Å². The SMILES string of the molecule is CCCCCCC1OCC(COCCC)O1. The molecule has 0 aromatic carbocycles. The van der Waals surface area contributed by atoms with Gasteiger partial charge in [-0.15, -0.1) is 0 Å². The lowest BCUT2D eigenvalue weighted by molar-refractivity contribution is -0.0759. The van der Waals surface area contributed by atoms with Crippen molar-refractivity contribution < 1.29 is 14.2 Å². The van der Waals surface area contributed by atoms with Gasteiger partial charge in [0.2, 0.25) is 0 Å². The number of rotatable bonds is 9. The molecule has 0 saturated carbocycles. The molecule has 1 aliphatic rings. The van der Waals surface area contributed by atoms with Gasteiger partial charge in [-0.3, -0.25) is 0 Å². The van der Waals surface area contributed by atoms with Crippen molar-refractivity contribution in [2.75, 3.05) is 19.8 Å². The number of hydrogen-bond donors (Lipinski definition) is 0. The van der Waals surface area contributed by atoms with Crippen molar-refractivity contribution in [2.24, 2.45) is 0 Å². The molecule has 1 rings (SSSR count). The molecule has 1 aliphatic heterocycles. The van der Waals surface area contributed by atoms with Gasteiger partial charge in [0.15, 0.2) is 6.29 Å². The van der Waals surface area contributed by atoms with Crippen molar-refractivity contribution in [2.45, 2.75) is 64.8 Å². The van der Waals surface area contributed by atoms with E-state index in [0.29, 0.717) is 13.2 Å². The molecule has 0 aromatic heterocycles. The first kappa shape index (κ1) is 13.9. The summed E-state index contributed by atoms with van der Waals surface area (Å²) in [7, 11) is 0. The monoisotopic (exact) mass is 230 g/mol. The van der Waals surface area contributed by atoms with E-state index in [1.54, 1.807) is 0 Å². The number of hydrogen-bond acceptors (Lipinski definition) is 3. The van der Waals surface area contributed by atoms with Gasteiger partial charge < -0.3 is 14.2 Å². The first-order valence-electron chi connectivity index (χ1n) is 6.71. The van der Waals surface area contributed by atoms with Crippen LogP contribution < -0.4 is 0 Å². The van der Waals surface area contributed by atoms with Gasteiger partial charge in [0.25, 0.3) is 0 Å². The van der Waals surface area contributed by atoms with Crippen LogP contribution in [0.3, 0.4) is 0 Å². The second-order valence-electron chi connectivity index (χ2n) is 4.45. The molecule has 2 unspecified atom stereocenters. The zero-order valence-corrected chi connectivity index (χ0v) is 10.7. The van der Waals surface area contributed by atoms with Gasteiger partial charge in [-0.2, -0.15) is 0 Å². The van der Waals surface area contributed by atoms with Crippen molar-refractivity contribution in [3.8, 4) is 0 Å². The van der Waals surface area contributed by atoms with Gasteiger partial charge in [0, 0.05) is 6.61 Å². The first-order chi connectivity index (χ1) is 7.86. The molecule has 1 heterocycles. The van der Waals surface area contributed by atoms with Crippen LogP contribution in [0.25, 0.3) is 0 Å². The third-order valence-corrected chi connectivity index (χ3v) is 2.76. The van der Waals surface area contributed by atoms with E-state index in [1.165, 1.54) is 25.7 Å². The maximum Gasteiger partial charge on any atom is 0.158 e. The summed E-state index contributed by atoms with van der Waals surface area (Å²) in [5.74, 6) is 0. The number of unbranched alkanes of at least 4 members (excludes halogenated alkanes) is 3. The Morgan fingerprint density at radius 3 is 2.75 bits per heavy atom. The molecular formula is C13H26O3. The summed E-state index contributed by atoms with van der Waals surface area (Å²) in [4.78, 5) is 0. The molecule has 1 saturated heterocycles. The van der Waals surface area contributed by atoms with Crippen LogP contribution in [0.2, 0.25) is 0 Å². The van der Waals surface area contributed by atoms with E-state index in [4.69, 9.17) is 14.2 Å². The third-order valence-electron chi connectivity index (χ3n) is 2.76. The van der Waals surface area contributed by atoms with Gasteiger partial charge >= 0.3 is 0 Å².